The molecule has 0 atom stereocenters. The smallest absolute Gasteiger partial charge is 0.287 e. The molecule has 2 amide bonds. The zero-order valence-electron chi connectivity index (χ0n) is 12.4. The van der Waals surface area contributed by atoms with Gasteiger partial charge in [-0.15, -0.1) is 0 Å². The highest BCUT2D eigenvalue weighted by Gasteiger charge is 2.11. The zero-order valence-corrected chi connectivity index (χ0v) is 12.4. The van der Waals surface area contributed by atoms with Gasteiger partial charge in [0.15, 0.2) is 5.76 Å². The molecule has 0 saturated carbocycles. The standard InChI is InChI=1S/C15H17N3O4/c1-9-6-10(2)18-14(20)11(9)7-16-13(19)8-17-15(21)12-4-3-5-22-12/h3-6H,7-8H2,1-2H3,(H,16,19)(H,17,21)(H,18,20). The summed E-state index contributed by atoms with van der Waals surface area (Å²) >= 11 is 0. The van der Waals surface area contributed by atoms with E-state index in [1.807, 2.05) is 13.0 Å². The molecule has 0 aliphatic rings. The molecule has 0 saturated heterocycles. The van der Waals surface area contributed by atoms with E-state index in [1.54, 1.807) is 13.0 Å². The van der Waals surface area contributed by atoms with Gasteiger partial charge < -0.3 is 20.0 Å². The lowest BCUT2D eigenvalue weighted by Gasteiger charge is -2.08. The van der Waals surface area contributed by atoms with Gasteiger partial charge in [-0.25, -0.2) is 0 Å². The molecule has 0 radical (unpaired) electrons. The largest absolute Gasteiger partial charge is 0.459 e. The van der Waals surface area contributed by atoms with Crippen LogP contribution in [0, 0.1) is 13.8 Å². The van der Waals surface area contributed by atoms with Crippen molar-refractivity contribution >= 4 is 11.8 Å². The Morgan fingerprint density at radius 1 is 1.27 bits per heavy atom. The van der Waals surface area contributed by atoms with Crippen LogP contribution in [0.15, 0.2) is 33.7 Å². The van der Waals surface area contributed by atoms with Gasteiger partial charge in [0.1, 0.15) is 0 Å². The van der Waals surface area contributed by atoms with Gasteiger partial charge in [0, 0.05) is 17.8 Å². The second-order valence-corrected chi connectivity index (χ2v) is 4.88. The van der Waals surface area contributed by atoms with Crippen molar-refractivity contribution in [3.8, 4) is 0 Å². The molecule has 0 aromatic carbocycles. The number of rotatable bonds is 5. The highest BCUT2D eigenvalue weighted by atomic mass is 16.3. The van der Waals surface area contributed by atoms with Crippen LogP contribution in [0.1, 0.15) is 27.4 Å². The zero-order chi connectivity index (χ0) is 16.1. The van der Waals surface area contributed by atoms with Gasteiger partial charge in [-0.3, -0.25) is 14.4 Å². The Bertz CT molecular complexity index is 732. The van der Waals surface area contributed by atoms with E-state index in [4.69, 9.17) is 4.42 Å². The SMILES string of the molecule is Cc1cc(C)c(CNC(=O)CNC(=O)c2ccco2)c(=O)[nH]1. The molecule has 2 rings (SSSR count). The lowest BCUT2D eigenvalue weighted by atomic mass is 10.1. The summed E-state index contributed by atoms with van der Waals surface area (Å²) in [5.74, 6) is -0.720. The first-order chi connectivity index (χ1) is 10.5. The Morgan fingerprint density at radius 2 is 2.05 bits per heavy atom. The fourth-order valence-corrected chi connectivity index (χ4v) is 2.01. The van der Waals surface area contributed by atoms with Crippen molar-refractivity contribution in [2.45, 2.75) is 20.4 Å². The van der Waals surface area contributed by atoms with E-state index in [0.29, 0.717) is 5.56 Å². The maximum atomic E-state index is 11.8. The lowest BCUT2D eigenvalue weighted by molar-refractivity contribution is -0.120. The number of pyridine rings is 1. The van der Waals surface area contributed by atoms with Crippen LogP contribution >= 0.6 is 0 Å². The molecular formula is C15H17N3O4. The van der Waals surface area contributed by atoms with E-state index in [9.17, 15) is 14.4 Å². The minimum absolute atomic E-state index is 0.108. The minimum atomic E-state index is -0.468. The Kier molecular flexibility index (Phi) is 4.77. The average molecular weight is 303 g/mol. The van der Waals surface area contributed by atoms with Crippen molar-refractivity contribution in [3.05, 3.63) is 57.4 Å². The first-order valence-corrected chi connectivity index (χ1v) is 6.75. The van der Waals surface area contributed by atoms with Crippen molar-refractivity contribution in [2.24, 2.45) is 0 Å². The summed E-state index contributed by atoms with van der Waals surface area (Å²) < 4.78 is 4.91. The van der Waals surface area contributed by atoms with Crippen molar-refractivity contribution in [2.75, 3.05) is 6.54 Å². The molecule has 0 unspecified atom stereocenters. The number of hydrogen-bond donors (Lipinski definition) is 3. The molecular weight excluding hydrogens is 286 g/mol. The van der Waals surface area contributed by atoms with E-state index >= 15 is 0 Å². The first-order valence-electron chi connectivity index (χ1n) is 6.75. The molecule has 2 heterocycles. The fraction of sp³-hybridized carbons (Fsp3) is 0.267. The van der Waals surface area contributed by atoms with Crippen molar-refractivity contribution in [1.29, 1.82) is 0 Å². The van der Waals surface area contributed by atoms with Crippen LogP contribution in [0.4, 0.5) is 0 Å². The van der Waals surface area contributed by atoms with Crippen LogP contribution in [0.3, 0.4) is 0 Å². The number of aromatic nitrogens is 1. The van der Waals surface area contributed by atoms with Crippen molar-refractivity contribution < 1.29 is 14.0 Å². The Balaban J connectivity index is 1.86. The monoisotopic (exact) mass is 303 g/mol. The average Bonchev–Trinajstić information content (AvgIpc) is 2.97. The van der Waals surface area contributed by atoms with Gasteiger partial charge in [-0.1, -0.05) is 0 Å². The first kappa shape index (κ1) is 15.6. The van der Waals surface area contributed by atoms with E-state index < -0.39 is 5.91 Å². The van der Waals surface area contributed by atoms with E-state index in [1.165, 1.54) is 12.3 Å². The summed E-state index contributed by atoms with van der Waals surface area (Å²) in [5, 5.41) is 5.03. The Morgan fingerprint density at radius 3 is 2.68 bits per heavy atom. The quantitative estimate of drug-likeness (QED) is 0.753. The number of aryl methyl sites for hydroxylation is 2. The summed E-state index contributed by atoms with van der Waals surface area (Å²) in [6.07, 6.45) is 1.38. The third-order valence-electron chi connectivity index (χ3n) is 3.11. The van der Waals surface area contributed by atoms with Crippen LogP contribution in [-0.2, 0) is 11.3 Å². The molecule has 0 fully saturated rings. The lowest BCUT2D eigenvalue weighted by Crippen LogP contribution is -2.37. The molecule has 2 aromatic rings. The van der Waals surface area contributed by atoms with Crippen molar-refractivity contribution in [3.63, 3.8) is 0 Å². The van der Waals surface area contributed by atoms with Crippen LogP contribution in [0.25, 0.3) is 0 Å². The van der Waals surface area contributed by atoms with E-state index in [-0.39, 0.29) is 30.3 Å². The molecule has 7 heteroatoms. The van der Waals surface area contributed by atoms with Gasteiger partial charge in [0.05, 0.1) is 12.8 Å². The van der Waals surface area contributed by atoms with Crippen LogP contribution < -0.4 is 16.2 Å². The van der Waals surface area contributed by atoms with E-state index in [0.717, 1.165) is 11.3 Å². The highest BCUT2D eigenvalue weighted by molar-refractivity contribution is 5.94. The molecule has 0 spiro atoms. The van der Waals surface area contributed by atoms with Gasteiger partial charge in [-0.05, 0) is 37.6 Å². The number of aromatic amines is 1. The number of hydrogen-bond acceptors (Lipinski definition) is 4. The fourth-order valence-electron chi connectivity index (χ4n) is 2.01. The molecule has 0 aliphatic carbocycles. The topological polar surface area (TPSA) is 104 Å². The maximum absolute atomic E-state index is 11.8. The molecule has 7 nitrogen and oxygen atoms in total. The maximum Gasteiger partial charge on any atom is 0.287 e. The summed E-state index contributed by atoms with van der Waals surface area (Å²) in [4.78, 5) is 37.8. The highest BCUT2D eigenvalue weighted by Crippen LogP contribution is 2.03. The second kappa shape index (κ2) is 6.75. The number of carbonyl (C=O) groups is 2. The number of H-pyrrole nitrogens is 1. The summed E-state index contributed by atoms with van der Waals surface area (Å²) in [5.41, 5.74) is 1.85. The normalized spacial score (nSPS) is 10.3. The molecule has 3 N–H and O–H groups in total. The van der Waals surface area contributed by atoms with Gasteiger partial charge in [0.2, 0.25) is 5.91 Å². The predicted molar refractivity (Wildman–Crippen MR) is 79.4 cm³/mol. The third kappa shape index (κ3) is 3.85. The van der Waals surface area contributed by atoms with Crippen LogP contribution in [0.2, 0.25) is 0 Å². The predicted octanol–water partition coefficient (Wildman–Crippen LogP) is 0.631. The van der Waals surface area contributed by atoms with Gasteiger partial charge in [0.25, 0.3) is 11.5 Å². The summed E-state index contributed by atoms with van der Waals surface area (Å²) in [6.45, 7) is 3.52. The summed E-state index contributed by atoms with van der Waals surface area (Å²) in [6, 6.07) is 4.92. The van der Waals surface area contributed by atoms with E-state index in [2.05, 4.69) is 15.6 Å². The number of furan rings is 1. The van der Waals surface area contributed by atoms with Gasteiger partial charge in [-0.2, -0.15) is 0 Å². The number of amides is 2. The van der Waals surface area contributed by atoms with Crippen molar-refractivity contribution in [1.82, 2.24) is 15.6 Å². The van der Waals surface area contributed by atoms with Crippen LogP contribution in [-0.4, -0.2) is 23.3 Å². The molecule has 2 aromatic heterocycles. The number of carbonyl (C=O) groups excluding carboxylic acids is 2. The molecule has 116 valence electrons. The number of nitrogens with one attached hydrogen (secondary N) is 3. The molecule has 0 bridgehead atoms. The van der Waals surface area contributed by atoms with Crippen LogP contribution in [0.5, 0.6) is 0 Å². The van der Waals surface area contributed by atoms with Gasteiger partial charge >= 0.3 is 0 Å². The molecule has 0 aliphatic heterocycles. The third-order valence-corrected chi connectivity index (χ3v) is 3.11. The Hall–Kier alpha value is -2.83. The Labute approximate surface area is 126 Å². The minimum Gasteiger partial charge on any atom is -0.459 e. The second-order valence-electron chi connectivity index (χ2n) is 4.88. The summed E-state index contributed by atoms with van der Waals surface area (Å²) in [7, 11) is 0. The molecule has 22 heavy (non-hydrogen) atoms.